The number of nitro benzene ring substituents is 1. The van der Waals surface area contributed by atoms with Crippen molar-refractivity contribution in [1.82, 2.24) is 0 Å². The summed E-state index contributed by atoms with van der Waals surface area (Å²) in [7, 11) is 0. The van der Waals surface area contributed by atoms with E-state index in [9.17, 15) is 20.0 Å². The predicted octanol–water partition coefficient (Wildman–Crippen LogP) is 4.16. The van der Waals surface area contributed by atoms with Crippen LogP contribution in [-0.4, -0.2) is 16.0 Å². The number of benzene rings is 2. The molecule has 2 rings (SSSR count). The molecule has 0 aromatic heterocycles. The second kappa shape index (κ2) is 5.92. The van der Waals surface area contributed by atoms with E-state index in [1.807, 2.05) is 0 Å². The molecule has 0 saturated heterocycles. The summed E-state index contributed by atoms with van der Waals surface area (Å²) in [6.07, 6.45) is 0. The van der Waals surface area contributed by atoms with E-state index in [-0.39, 0.29) is 22.7 Å². The van der Waals surface area contributed by atoms with Crippen molar-refractivity contribution in [3.05, 3.63) is 62.1 Å². The monoisotopic (exact) mass is 351 g/mol. The second-order valence-electron chi connectivity index (χ2n) is 4.25. The lowest BCUT2D eigenvalue weighted by Crippen LogP contribution is -2.02. The minimum atomic E-state index is -1.16. The van der Waals surface area contributed by atoms with Gasteiger partial charge in [0.05, 0.1) is 9.40 Å². The van der Waals surface area contributed by atoms with Crippen molar-refractivity contribution < 1.29 is 19.6 Å². The van der Waals surface area contributed by atoms with Crippen molar-refractivity contribution in [2.75, 3.05) is 0 Å². The van der Waals surface area contributed by atoms with E-state index in [1.54, 1.807) is 19.1 Å². The maximum Gasteiger partial charge on any atom is 0.339 e. The van der Waals surface area contributed by atoms with Gasteiger partial charge in [0.15, 0.2) is 0 Å². The van der Waals surface area contributed by atoms with Gasteiger partial charge in [0.25, 0.3) is 0 Å². The van der Waals surface area contributed by atoms with Crippen LogP contribution in [0.5, 0.6) is 11.5 Å². The number of para-hydroxylation sites is 1. The Bertz CT molecular complexity index is 729. The van der Waals surface area contributed by atoms with Gasteiger partial charge in [-0.05, 0) is 41.1 Å². The lowest BCUT2D eigenvalue weighted by Gasteiger charge is -2.11. The van der Waals surface area contributed by atoms with Gasteiger partial charge in [-0.2, -0.15) is 0 Å². The first-order valence-electron chi connectivity index (χ1n) is 5.85. The molecular weight excluding hydrogens is 342 g/mol. The Morgan fingerprint density at radius 1 is 1.33 bits per heavy atom. The van der Waals surface area contributed by atoms with Gasteiger partial charge in [0.2, 0.25) is 5.75 Å². The molecule has 0 unspecified atom stereocenters. The minimum Gasteiger partial charge on any atom is -0.478 e. The summed E-state index contributed by atoms with van der Waals surface area (Å²) >= 11 is 3.17. The maximum atomic E-state index is 11.2. The molecule has 0 aliphatic heterocycles. The Labute approximate surface area is 128 Å². The lowest BCUT2D eigenvalue weighted by atomic mass is 10.1. The minimum absolute atomic E-state index is 0.0335. The zero-order valence-corrected chi connectivity index (χ0v) is 12.5. The zero-order valence-electron chi connectivity index (χ0n) is 10.9. The van der Waals surface area contributed by atoms with Crippen LogP contribution in [0, 0.1) is 17.0 Å². The van der Waals surface area contributed by atoms with Crippen LogP contribution in [0.2, 0.25) is 0 Å². The fourth-order valence-corrected chi connectivity index (χ4v) is 2.19. The molecule has 21 heavy (non-hydrogen) atoms. The Kier molecular flexibility index (Phi) is 4.23. The Balaban J connectivity index is 2.53. The van der Waals surface area contributed by atoms with Crippen LogP contribution in [0.15, 0.2) is 40.9 Å². The van der Waals surface area contributed by atoms with E-state index < -0.39 is 10.9 Å². The van der Waals surface area contributed by atoms with E-state index in [0.29, 0.717) is 4.47 Å². The number of hydrogen-bond donors (Lipinski definition) is 1. The molecule has 108 valence electrons. The highest BCUT2D eigenvalue weighted by Crippen LogP contribution is 2.39. The fourth-order valence-electron chi connectivity index (χ4n) is 1.75. The summed E-state index contributed by atoms with van der Waals surface area (Å²) in [5.74, 6) is -1.15. The normalized spacial score (nSPS) is 10.2. The SMILES string of the molecule is Cc1ccc(Oc2c(Br)cccc2[N+](=O)[O-])c(C(=O)O)c1. The molecule has 0 fully saturated rings. The van der Waals surface area contributed by atoms with Crippen LogP contribution in [0.25, 0.3) is 0 Å². The number of nitrogens with zero attached hydrogens (tertiary/aromatic N) is 1. The quantitative estimate of drug-likeness (QED) is 0.659. The standard InChI is InChI=1S/C14H10BrNO5/c1-8-5-6-12(9(7-8)14(17)18)21-13-10(15)3-2-4-11(13)16(19)20/h2-7H,1H3,(H,17,18). The largest absolute Gasteiger partial charge is 0.478 e. The highest BCUT2D eigenvalue weighted by Gasteiger charge is 2.21. The molecule has 0 amide bonds. The van der Waals surface area contributed by atoms with Crippen LogP contribution in [-0.2, 0) is 0 Å². The van der Waals surface area contributed by atoms with Crippen LogP contribution in [0.3, 0.4) is 0 Å². The highest BCUT2D eigenvalue weighted by atomic mass is 79.9. The third-order valence-corrected chi connectivity index (χ3v) is 3.34. The van der Waals surface area contributed by atoms with Gasteiger partial charge < -0.3 is 9.84 Å². The van der Waals surface area contributed by atoms with Crippen molar-refractivity contribution in [3.63, 3.8) is 0 Å². The van der Waals surface area contributed by atoms with Crippen molar-refractivity contribution in [3.8, 4) is 11.5 Å². The number of carbonyl (C=O) groups is 1. The molecule has 6 nitrogen and oxygen atoms in total. The number of aryl methyl sites for hydroxylation is 1. The van der Waals surface area contributed by atoms with Gasteiger partial charge >= 0.3 is 11.7 Å². The van der Waals surface area contributed by atoms with Crippen molar-refractivity contribution in [2.45, 2.75) is 6.92 Å². The summed E-state index contributed by atoms with van der Waals surface area (Å²) in [6, 6.07) is 8.96. The lowest BCUT2D eigenvalue weighted by molar-refractivity contribution is -0.385. The van der Waals surface area contributed by atoms with Gasteiger partial charge in [0.1, 0.15) is 11.3 Å². The number of nitro groups is 1. The topological polar surface area (TPSA) is 89.7 Å². The molecule has 2 aromatic carbocycles. The molecular formula is C14H10BrNO5. The molecule has 0 aliphatic rings. The fraction of sp³-hybridized carbons (Fsp3) is 0.0714. The second-order valence-corrected chi connectivity index (χ2v) is 5.11. The summed E-state index contributed by atoms with van der Waals surface area (Å²) in [4.78, 5) is 21.7. The third kappa shape index (κ3) is 3.19. The third-order valence-electron chi connectivity index (χ3n) is 2.72. The number of ether oxygens (including phenoxy) is 1. The maximum absolute atomic E-state index is 11.2. The summed E-state index contributed by atoms with van der Waals surface area (Å²) in [5, 5.41) is 20.2. The predicted molar refractivity (Wildman–Crippen MR) is 79.0 cm³/mol. The smallest absolute Gasteiger partial charge is 0.339 e. The first-order chi connectivity index (χ1) is 9.90. The van der Waals surface area contributed by atoms with Crippen LogP contribution >= 0.6 is 15.9 Å². The van der Waals surface area contributed by atoms with E-state index in [0.717, 1.165) is 5.56 Å². The van der Waals surface area contributed by atoms with Crippen LogP contribution in [0.4, 0.5) is 5.69 Å². The van der Waals surface area contributed by atoms with E-state index >= 15 is 0 Å². The average molecular weight is 352 g/mol. The van der Waals surface area contributed by atoms with E-state index in [4.69, 9.17) is 4.74 Å². The molecule has 0 aliphatic carbocycles. The van der Waals surface area contributed by atoms with Gasteiger partial charge in [0, 0.05) is 6.07 Å². The van der Waals surface area contributed by atoms with Crippen LogP contribution in [0.1, 0.15) is 15.9 Å². The molecule has 0 spiro atoms. The van der Waals surface area contributed by atoms with Gasteiger partial charge in [-0.15, -0.1) is 0 Å². The van der Waals surface area contributed by atoms with Gasteiger partial charge in [-0.3, -0.25) is 10.1 Å². The van der Waals surface area contributed by atoms with Crippen molar-refractivity contribution in [1.29, 1.82) is 0 Å². The number of rotatable bonds is 4. The van der Waals surface area contributed by atoms with Crippen molar-refractivity contribution in [2.24, 2.45) is 0 Å². The van der Waals surface area contributed by atoms with Gasteiger partial charge in [-0.1, -0.05) is 17.7 Å². The van der Waals surface area contributed by atoms with Crippen molar-refractivity contribution >= 4 is 27.6 Å². The van der Waals surface area contributed by atoms with E-state index in [2.05, 4.69) is 15.9 Å². The number of hydrogen-bond acceptors (Lipinski definition) is 4. The summed E-state index contributed by atoms with van der Waals surface area (Å²) in [5.41, 5.74) is 0.447. The highest BCUT2D eigenvalue weighted by molar-refractivity contribution is 9.10. The molecule has 0 bridgehead atoms. The Morgan fingerprint density at radius 3 is 2.67 bits per heavy atom. The molecule has 0 saturated carbocycles. The van der Waals surface area contributed by atoms with Gasteiger partial charge in [-0.25, -0.2) is 4.79 Å². The Hall–Kier alpha value is -2.41. The van der Waals surface area contributed by atoms with E-state index in [1.165, 1.54) is 24.3 Å². The zero-order chi connectivity index (χ0) is 15.6. The number of aromatic carboxylic acids is 1. The molecule has 0 heterocycles. The number of halogens is 1. The van der Waals surface area contributed by atoms with Crippen LogP contribution < -0.4 is 4.74 Å². The molecule has 7 heteroatoms. The summed E-state index contributed by atoms with van der Waals surface area (Å²) in [6.45, 7) is 1.75. The first kappa shape index (κ1) is 15.0. The molecule has 2 aromatic rings. The Morgan fingerprint density at radius 2 is 2.05 bits per heavy atom. The molecule has 0 radical (unpaired) electrons. The number of carboxylic acid groups (broad SMARTS) is 1. The first-order valence-corrected chi connectivity index (χ1v) is 6.64. The average Bonchev–Trinajstić information content (AvgIpc) is 2.42. The molecule has 1 N–H and O–H groups in total. The summed E-state index contributed by atoms with van der Waals surface area (Å²) < 4.78 is 5.85. The molecule has 0 atom stereocenters. The number of carboxylic acids is 1.